The van der Waals surface area contributed by atoms with E-state index in [0.717, 1.165) is 12.8 Å². The summed E-state index contributed by atoms with van der Waals surface area (Å²) in [7, 11) is -3.79. The number of nitrogens with zero attached hydrogens (tertiary/aromatic N) is 1. The first kappa shape index (κ1) is 15.3. The maximum Gasteiger partial charge on any atom is 0.242 e. The van der Waals surface area contributed by atoms with Gasteiger partial charge < -0.3 is 4.90 Å². The van der Waals surface area contributed by atoms with E-state index in [9.17, 15) is 13.2 Å². The third-order valence-electron chi connectivity index (χ3n) is 3.25. The number of hydrogen-bond acceptors (Lipinski definition) is 3. The van der Waals surface area contributed by atoms with Crippen molar-refractivity contribution in [1.82, 2.24) is 9.62 Å². The maximum atomic E-state index is 12.2. The van der Waals surface area contributed by atoms with Crippen molar-refractivity contribution in [2.24, 2.45) is 0 Å². The topological polar surface area (TPSA) is 66.5 Å². The molecule has 1 N–H and O–H groups in total. The lowest BCUT2D eigenvalue weighted by Gasteiger charge is -2.21. The molecule has 0 spiro atoms. The predicted molar refractivity (Wildman–Crippen MR) is 77.0 cm³/mol. The lowest BCUT2D eigenvalue weighted by atomic mass is 10.3. The summed E-state index contributed by atoms with van der Waals surface area (Å²) in [5.74, 6) is -0.196. The Morgan fingerprint density at radius 2 is 1.90 bits per heavy atom. The molecule has 1 saturated heterocycles. The number of rotatable bonds is 4. The van der Waals surface area contributed by atoms with Gasteiger partial charge in [0.15, 0.2) is 0 Å². The third-order valence-corrected chi connectivity index (χ3v) is 5.29. The van der Waals surface area contributed by atoms with Crippen molar-refractivity contribution in [3.63, 3.8) is 0 Å². The van der Waals surface area contributed by atoms with Crippen LogP contribution in [0.15, 0.2) is 29.2 Å². The molecule has 0 aliphatic carbocycles. The van der Waals surface area contributed by atoms with Crippen LogP contribution in [-0.2, 0) is 14.8 Å². The van der Waals surface area contributed by atoms with Crippen molar-refractivity contribution in [3.8, 4) is 0 Å². The fourth-order valence-electron chi connectivity index (χ4n) is 2.22. The van der Waals surface area contributed by atoms with Gasteiger partial charge in [0.1, 0.15) is 4.90 Å². The van der Waals surface area contributed by atoms with Gasteiger partial charge in [-0.1, -0.05) is 23.7 Å². The van der Waals surface area contributed by atoms with Crippen molar-refractivity contribution >= 4 is 27.5 Å². The Morgan fingerprint density at radius 3 is 2.50 bits per heavy atom. The minimum absolute atomic E-state index is 0.0114. The number of sulfonamides is 1. The Kier molecular flexibility index (Phi) is 4.67. The van der Waals surface area contributed by atoms with Gasteiger partial charge in [-0.3, -0.25) is 4.79 Å². The summed E-state index contributed by atoms with van der Waals surface area (Å²) >= 11 is 5.88. The smallest absolute Gasteiger partial charge is 0.242 e. The second kappa shape index (κ2) is 6.11. The molecule has 2 rings (SSSR count). The molecule has 1 aliphatic rings. The van der Waals surface area contributed by atoms with Gasteiger partial charge in [-0.05, 0) is 31.9 Å². The van der Waals surface area contributed by atoms with Crippen LogP contribution in [-0.4, -0.2) is 38.4 Å². The van der Waals surface area contributed by atoms with E-state index in [1.165, 1.54) is 12.1 Å². The number of benzene rings is 1. The molecule has 1 amide bonds. The van der Waals surface area contributed by atoms with Gasteiger partial charge in [-0.2, -0.15) is 4.72 Å². The summed E-state index contributed by atoms with van der Waals surface area (Å²) in [6, 6.07) is 5.36. The van der Waals surface area contributed by atoms with Crippen molar-refractivity contribution in [2.75, 3.05) is 13.1 Å². The van der Waals surface area contributed by atoms with Gasteiger partial charge in [0.05, 0.1) is 11.1 Å². The maximum absolute atomic E-state index is 12.2. The average molecular weight is 317 g/mol. The minimum atomic E-state index is -3.79. The first-order valence-corrected chi connectivity index (χ1v) is 8.33. The van der Waals surface area contributed by atoms with Gasteiger partial charge in [-0.25, -0.2) is 8.42 Å². The summed E-state index contributed by atoms with van der Waals surface area (Å²) in [5, 5.41) is 0.140. The van der Waals surface area contributed by atoms with E-state index in [0.29, 0.717) is 13.1 Å². The fraction of sp³-hybridized carbons (Fsp3) is 0.462. The Morgan fingerprint density at radius 1 is 1.30 bits per heavy atom. The molecular weight excluding hydrogens is 300 g/mol. The molecule has 1 fully saturated rings. The van der Waals surface area contributed by atoms with Crippen molar-refractivity contribution < 1.29 is 13.2 Å². The van der Waals surface area contributed by atoms with Crippen LogP contribution < -0.4 is 4.72 Å². The second-order valence-corrected chi connectivity index (χ2v) is 6.90. The highest BCUT2D eigenvalue weighted by Gasteiger charge is 2.28. The Balaban J connectivity index is 2.12. The summed E-state index contributed by atoms with van der Waals surface area (Å²) in [6.45, 7) is 2.93. The molecule has 7 heteroatoms. The molecule has 110 valence electrons. The van der Waals surface area contributed by atoms with Crippen LogP contribution in [0.5, 0.6) is 0 Å². The molecule has 1 aromatic rings. The first-order valence-electron chi connectivity index (χ1n) is 6.47. The molecule has 5 nitrogen and oxygen atoms in total. The highest BCUT2D eigenvalue weighted by Crippen LogP contribution is 2.20. The quantitative estimate of drug-likeness (QED) is 0.918. The van der Waals surface area contributed by atoms with Crippen LogP contribution in [0, 0.1) is 0 Å². The lowest BCUT2D eigenvalue weighted by Crippen LogP contribution is -2.45. The molecular formula is C13H17ClN2O3S. The van der Waals surface area contributed by atoms with E-state index in [1.807, 2.05) is 0 Å². The predicted octanol–water partition coefficient (Wildman–Crippen LogP) is 1.63. The van der Waals surface area contributed by atoms with Crippen molar-refractivity contribution in [1.29, 1.82) is 0 Å². The molecule has 1 aromatic carbocycles. The van der Waals surface area contributed by atoms with Gasteiger partial charge in [-0.15, -0.1) is 0 Å². The Hall–Kier alpha value is -1.11. The van der Waals surface area contributed by atoms with Crippen molar-refractivity contribution in [3.05, 3.63) is 29.3 Å². The van der Waals surface area contributed by atoms with Gasteiger partial charge in [0.2, 0.25) is 15.9 Å². The number of likely N-dealkylation sites (tertiary alicyclic amines) is 1. The van der Waals surface area contributed by atoms with E-state index in [1.54, 1.807) is 24.0 Å². The molecule has 0 aromatic heterocycles. The van der Waals surface area contributed by atoms with Crippen LogP contribution >= 0.6 is 11.6 Å². The van der Waals surface area contributed by atoms with Gasteiger partial charge in [0.25, 0.3) is 0 Å². The van der Waals surface area contributed by atoms with E-state index in [-0.39, 0.29) is 15.8 Å². The lowest BCUT2D eigenvalue weighted by molar-refractivity contribution is -0.131. The summed E-state index contributed by atoms with van der Waals surface area (Å²) in [6.07, 6.45) is 1.94. The van der Waals surface area contributed by atoms with Crippen LogP contribution in [0.3, 0.4) is 0 Å². The number of carbonyl (C=O) groups excluding carboxylic acids is 1. The minimum Gasteiger partial charge on any atom is -0.341 e. The van der Waals surface area contributed by atoms with Crippen LogP contribution in [0.25, 0.3) is 0 Å². The van der Waals surface area contributed by atoms with Gasteiger partial charge >= 0.3 is 0 Å². The first-order chi connectivity index (χ1) is 9.42. The summed E-state index contributed by atoms with van der Waals surface area (Å²) in [5.41, 5.74) is 0. The summed E-state index contributed by atoms with van der Waals surface area (Å²) < 4.78 is 26.8. The van der Waals surface area contributed by atoms with E-state index < -0.39 is 16.1 Å². The van der Waals surface area contributed by atoms with E-state index in [4.69, 9.17) is 11.6 Å². The number of nitrogens with one attached hydrogen (secondary N) is 1. The number of amides is 1. The largest absolute Gasteiger partial charge is 0.341 e. The number of hydrogen-bond donors (Lipinski definition) is 1. The zero-order chi connectivity index (χ0) is 14.8. The molecule has 0 saturated carbocycles. The van der Waals surface area contributed by atoms with E-state index >= 15 is 0 Å². The standard InChI is InChI=1S/C13H17ClN2O3S/c1-10(13(17)16-8-4-5-9-16)15-20(18,19)12-7-3-2-6-11(12)14/h2-3,6-7,10,15H,4-5,8-9H2,1H3. The normalized spacial score (nSPS) is 17.2. The highest BCUT2D eigenvalue weighted by atomic mass is 35.5. The monoisotopic (exact) mass is 316 g/mol. The fourth-order valence-corrected chi connectivity index (χ4v) is 3.94. The Labute approximate surface area is 124 Å². The second-order valence-electron chi connectivity index (χ2n) is 4.81. The van der Waals surface area contributed by atoms with Crippen LogP contribution in [0.1, 0.15) is 19.8 Å². The number of carbonyl (C=O) groups is 1. The molecule has 1 aliphatic heterocycles. The molecule has 1 unspecified atom stereocenters. The Bertz CT molecular complexity index is 597. The molecule has 1 atom stereocenters. The molecule has 20 heavy (non-hydrogen) atoms. The average Bonchev–Trinajstić information content (AvgIpc) is 2.91. The number of halogens is 1. The third kappa shape index (κ3) is 3.31. The zero-order valence-electron chi connectivity index (χ0n) is 11.2. The summed E-state index contributed by atoms with van der Waals surface area (Å²) in [4.78, 5) is 13.8. The molecule has 0 radical (unpaired) electrons. The van der Waals surface area contributed by atoms with Crippen molar-refractivity contribution in [2.45, 2.75) is 30.7 Å². The molecule has 0 bridgehead atoms. The SMILES string of the molecule is CC(NS(=O)(=O)c1ccccc1Cl)C(=O)N1CCCC1. The van der Waals surface area contributed by atoms with Crippen LogP contribution in [0.4, 0.5) is 0 Å². The van der Waals surface area contributed by atoms with Gasteiger partial charge in [0, 0.05) is 13.1 Å². The highest BCUT2D eigenvalue weighted by molar-refractivity contribution is 7.89. The van der Waals surface area contributed by atoms with E-state index in [2.05, 4.69) is 4.72 Å². The van der Waals surface area contributed by atoms with Crippen LogP contribution in [0.2, 0.25) is 5.02 Å². The molecule has 1 heterocycles. The zero-order valence-corrected chi connectivity index (χ0v) is 12.7.